The lowest BCUT2D eigenvalue weighted by Crippen LogP contribution is -2.33. The van der Waals surface area contributed by atoms with Crippen LogP contribution in [0.3, 0.4) is 0 Å². The predicted octanol–water partition coefficient (Wildman–Crippen LogP) is 1.35. The van der Waals surface area contributed by atoms with Crippen molar-refractivity contribution in [3.8, 4) is 0 Å². The Hall–Kier alpha value is -1.85. The van der Waals surface area contributed by atoms with Crippen molar-refractivity contribution in [1.29, 1.82) is 0 Å². The summed E-state index contributed by atoms with van der Waals surface area (Å²) in [7, 11) is 0. The van der Waals surface area contributed by atoms with Gasteiger partial charge in [-0.15, -0.1) is 0 Å². The van der Waals surface area contributed by atoms with Crippen molar-refractivity contribution in [2.45, 2.75) is 26.8 Å². The van der Waals surface area contributed by atoms with E-state index in [0.29, 0.717) is 31.4 Å². The zero-order valence-corrected chi connectivity index (χ0v) is 12.7. The molecule has 0 spiro atoms. The summed E-state index contributed by atoms with van der Waals surface area (Å²) in [5.41, 5.74) is 0.484. The topological polar surface area (TPSA) is 64.4 Å². The van der Waals surface area contributed by atoms with E-state index in [4.69, 9.17) is 4.74 Å². The second-order valence-corrected chi connectivity index (χ2v) is 6.12. The van der Waals surface area contributed by atoms with E-state index in [1.165, 1.54) is 0 Å². The molecule has 1 saturated carbocycles. The van der Waals surface area contributed by atoms with Crippen LogP contribution >= 0.6 is 0 Å². The molecule has 1 aromatic rings. The number of esters is 1. The van der Waals surface area contributed by atoms with Gasteiger partial charge in [-0.3, -0.25) is 9.59 Å². The minimum Gasteiger partial charge on any atom is -0.466 e. The molecule has 1 aromatic heterocycles. The van der Waals surface area contributed by atoms with E-state index in [1.54, 1.807) is 17.4 Å². The number of hydrogen-bond acceptors (Lipinski definition) is 4. The fraction of sp³-hybridized carbons (Fsp3) is 0.667. The number of nitrogens with zero attached hydrogens (tertiary/aromatic N) is 3. The summed E-state index contributed by atoms with van der Waals surface area (Å²) in [5.74, 6) is 0.412. The normalized spacial score (nSPS) is 26.9. The average Bonchev–Trinajstić information content (AvgIpc) is 2.87. The van der Waals surface area contributed by atoms with Crippen molar-refractivity contribution < 1.29 is 14.3 Å². The van der Waals surface area contributed by atoms with Gasteiger partial charge in [-0.1, -0.05) is 0 Å². The van der Waals surface area contributed by atoms with Crippen LogP contribution in [0.4, 0.5) is 0 Å². The van der Waals surface area contributed by atoms with Gasteiger partial charge in [0.2, 0.25) is 0 Å². The van der Waals surface area contributed by atoms with Crippen LogP contribution in [0.15, 0.2) is 12.5 Å². The molecular weight excluding hydrogens is 270 g/mol. The second kappa shape index (κ2) is 5.16. The van der Waals surface area contributed by atoms with Crippen molar-refractivity contribution in [3.05, 3.63) is 18.2 Å². The largest absolute Gasteiger partial charge is 0.466 e. The maximum absolute atomic E-state index is 12.4. The average molecular weight is 291 g/mol. The van der Waals surface area contributed by atoms with E-state index >= 15 is 0 Å². The Labute approximate surface area is 124 Å². The van der Waals surface area contributed by atoms with Gasteiger partial charge < -0.3 is 14.2 Å². The minimum atomic E-state index is -0.108. The smallest absolute Gasteiger partial charge is 0.309 e. The van der Waals surface area contributed by atoms with Gasteiger partial charge in [0, 0.05) is 25.3 Å². The quantitative estimate of drug-likeness (QED) is 0.785. The summed E-state index contributed by atoms with van der Waals surface area (Å²) < 4.78 is 6.98. The van der Waals surface area contributed by atoms with Crippen LogP contribution in [0.25, 0.3) is 0 Å². The van der Waals surface area contributed by atoms with Gasteiger partial charge in [0.25, 0.3) is 5.91 Å². The Morgan fingerprint density at radius 3 is 2.57 bits per heavy atom. The molecule has 1 aliphatic carbocycles. The fourth-order valence-corrected chi connectivity index (χ4v) is 3.17. The lowest BCUT2D eigenvalue weighted by molar-refractivity contribution is -0.145. The van der Waals surface area contributed by atoms with Crippen molar-refractivity contribution in [1.82, 2.24) is 14.5 Å². The molecule has 6 nitrogen and oxygen atoms in total. The Bertz CT molecular complexity index is 554. The Balaban J connectivity index is 1.59. The summed E-state index contributed by atoms with van der Waals surface area (Å²) in [6.45, 7) is 7.61. The van der Waals surface area contributed by atoms with E-state index < -0.39 is 0 Å². The third-order valence-corrected chi connectivity index (χ3v) is 4.46. The van der Waals surface area contributed by atoms with Crippen LogP contribution in [0.2, 0.25) is 0 Å². The Morgan fingerprint density at radius 1 is 1.38 bits per heavy atom. The van der Waals surface area contributed by atoms with E-state index in [-0.39, 0.29) is 29.6 Å². The molecule has 0 bridgehead atoms. The number of ether oxygens (including phenoxy) is 1. The minimum absolute atomic E-state index is 0.00206. The molecule has 2 fully saturated rings. The van der Waals surface area contributed by atoms with Crippen LogP contribution in [-0.4, -0.2) is 46.0 Å². The molecule has 1 aliphatic heterocycles. The summed E-state index contributed by atoms with van der Waals surface area (Å²) in [6, 6.07) is 0.291. The first-order valence-electron chi connectivity index (χ1n) is 7.52. The summed E-state index contributed by atoms with van der Waals surface area (Å²) in [6.07, 6.45) is 3.48. The van der Waals surface area contributed by atoms with Crippen LogP contribution in [0.1, 0.15) is 37.3 Å². The number of likely N-dealkylation sites (tertiary alicyclic amines) is 1. The molecule has 114 valence electrons. The van der Waals surface area contributed by atoms with Gasteiger partial charge in [0.1, 0.15) is 5.69 Å². The number of rotatable bonds is 4. The molecule has 2 unspecified atom stereocenters. The summed E-state index contributed by atoms with van der Waals surface area (Å²) in [5, 5.41) is 0. The van der Waals surface area contributed by atoms with Crippen molar-refractivity contribution in [3.63, 3.8) is 0 Å². The lowest BCUT2D eigenvalue weighted by atomic mass is 10.2. The van der Waals surface area contributed by atoms with Crippen molar-refractivity contribution in [2.75, 3.05) is 19.7 Å². The second-order valence-electron chi connectivity index (χ2n) is 6.12. The first-order valence-corrected chi connectivity index (χ1v) is 7.52. The number of hydrogen-bond donors (Lipinski definition) is 0. The highest BCUT2D eigenvalue weighted by Crippen LogP contribution is 2.52. The lowest BCUT2D eigenvalue weighted by Gasteiger charge is -2.18. The molecule has 2 aliphatic rings. The third kappa shape index (κ3) is 2.43. The SMILES string of the molecule is CCOC(=O)C1C2CN(C(=O)c3cn(C(C)C)cn3)CC21. The van der Waals surface area contributed by atoms with Crippen LogP contribution in [0, 0.1) is 17.8 Å². The molecule has 2 heterocycles. The summed E-state index contributed by atoms with van der Waals surface area (Å²) >= 11 is 0. The number of fused-ring (bicyclic) bond motifs is 1. The maximum atomic E-state index is 12.4. The fourth-order valence-electron chi connectivity index (χ4n) is 3.17. The molecule has 0 N–H and O–H groups in total. The van der Waals surface area contributed by atoms with Crippen LogP contribution in [0.5, 0.6) is 0 Å². The van der Waals surface area contributed by atoms with E-state index in [1.807, 2.05) is 25.3 Å². The van der Waals surface area contributed by atoms with Gasteiger partial charge >= 0.3 is 5.97 Å². The molecule has 0 radical (unpaired) electrons. The van der Waals surface area contributed by atoms with E-state index in [2.05, 4.69) is 4.98 Å². The number of carbonyl (C=O) groups is 2. The molecule has 6 heteroatoms. The van der Waals surface area contributed by atoms with Gasteiger partial charge in [-0.25, -0.2) is 4.98 Å². The zero-order chi connectivity index (χ0) is 15.1. The highest BCUT2D eigenvalue weighted by atomic mass is 16.5. The first-order chi connectivity index (χ1) is 10.0. The molecule has 1 saturated heterocycles. The molecule has 2 atom stereocenters. The zero-order valence-electron chi connectivity index (χ0n) is 12.7. The Morgan fingerprint density at radius 2 is 2.05 bits per heavy atom. The van der Waals surface area contributed by atoms with Gasteiger partial charge in [0.15, 0.2) is 0 Å². The maximum Gasteiger partial charge on any atom is 0.309 e. The monoisotopic (exact) mass is 291 g/mol. The standard InChI is InChI=1S/C15H21N3O3/c1-4-21-15(20)13-10-5-17(6-11(10)13)14(19)12-7-18(8-16-12)9(2)3/h7-11,13H,4-6H2,1-3H3. The highest BCUT2D eigenvalue weighted by Gasteiger charge is 2.61. The Kier molecular flexibility index (Phi) is 3.47. The van der Waals surface area contributed by atoms with Crippen LogP contribution in [-0.2, 0) is 9.53 Å². The number of carbonyl (C=O) groups excluding carboxylic acids is 2. The number of aromatic nitrogens is 2. The molecular formula is C15H21N3O3. The molecule has 0 aromatic carbocycles. The first kappa shape index (κ1) is 14.1. The molecule has 3 rings (SSSR count). The predicted molar refractivity (Wildman–Crippen MR) is 75.6 cm³/mol. The van der Waals surface area contributed by atoms with Gasteiger partial charge in [0.05, 0.1) is 18.9 Å². The van der Waals surface area contributed by atoms with Gasteiger partial charge in [-0.2, -0.15) is 0 Å². The number of piperidine rings is 1. The molecule has 1 amide bonds. The highest BCUT2D eigenvalue weighted by molar-refractivity contribution is 5.92. The van der Waals surface area contributed by atoms with E-state index in [9.17, 15) is 9.59 Å². The summed E-state index contributed by atoms with van der Waals surface area (Å²) in [4.78, 5) is 30.1. The van der Waals surface area contributed by atoms with Crippen LogP contribution < -0.4 is 0 Å². The third-order valence-electron chi connectivity index (χ3n) is 4.46. The number of amides is 1. The van der Waals surface area contributed by atoms with Crippen molar-refractivity contribution in [2.24, 2.45) is 17.8 Å². The number of imidazole rings is 1. The molecule has 21 heavy (non-hydrogen) atoms. The van der Waals surface area contributed by atoms with E-state index in [0.717, 1.165) is 0 Å². The van der Waals surface area contributed by atoms with Gasteiger partial charge in [-0.05, 0) is 32.6 Å². The van der Waals surface area contributed by atoms with Crippen molar-refractivity contribution >= 4 is 11.9 Å².